The van der Waals surface area contributed by atoms with Gasteiger partial charge in [-0.1, -0.05) is 22.5 Å². The number of likely N-dealkylation sites (tertiary alicyclic amines) is 1. The van der Waals surface area contributed by atoms with Crippen LogP contribution >= 0.6 is 15.9 Å². The molecule has 6 nitrogen and oxygen atoms in total. The fourth-order valence-electron chi connectivity index (χ4n) is 1.55. The summed E-state index contributed by atoms with van der Waals surface area (Å²) >= 11 is 3.07. The van der Waals surface area contributed by atoms with Crippen LogP contribution in [0, 0.1) is 0 Å². The number of nitrogens with zero attached hydrogens (tertiary/aromatic N) is 1. The van der Waals surface area contributed by atoms with Gasteiger partial charge in [-0.05, 0) is 0 Å². The van der Waals surface area contributed by atoms with Crippen molar-refractivity contribution in [3.63, 3.8) is 0 Å². The molecule has 90 valence electrons. The maximum absolute atomic E-state index is 11.6. The number of hydrogen-bond acceptors (Lipinski definition) is 3. The van der Waals surface area contributed by atoms with E-state index in [1.165, 1.54) is 0 Å². The van der Waals surface area contributed by atoms with Gasteiger partial charge in [-0.25, -0.2) is 9.59 Å². The van der Waals surface area contributed by atoms with E-state index in [1.54, 1.807) is 0 Å². The van der Waals surface area contributed by atoms with E-state index in [1.807, 2.05) is 0 Å². The minimum absolute atomic E-state index is 0.0392. The Kier molecular flexibility index (Phi) is 4.31. The zero-order valence-corrected chi connectivity index (χ0v) is 10.1. The van der Waals surface area contributed by atoms with Crippen LogP contribution in [-0.2, 0) is 4.79 Å². The molecule has 0 unspecified atom stereocenters. The molecule has 1 aliphatic heterocycles. The first kappa shape index (κ1) is 13.0. The minimum Gasteiger partial charge on any atom is -0.480 e. The Hall–Kier alpha value is -1.08. The number of carboxylic acids is 1. The second-order valence-corrected chi connectivity index (χ2v) is 4.69. The molecule has 0 spiro atoms. The number of carbonyl (C=O) groups excluding carboxylic acids is 1. The molecule has 0 aromatic carbocycles. The van der Waals surface area contributed by atoms with Gasteiger partial charge in [-0.3, -0.25) is 0 Å². The maximum atomic E-state index is 11.6. The number of nitrogens with one attached hydrogen (secondary N) is 1. The van der Waals surface area contributed by atoms with E-state index in [2.05, 4.69) is 27.8 Å². The van der Waals surface area contributed by atoms with Gasteiger partial charge in [0.1, 0.15) is 6.04 Å². The Morgan fingerprint density at radius 2 is 2.19 bits per heavy atom. The standard InChI is InChI=1S/C9H13BrN2O4/c1-5(10)3-11-9(16)12-4-6(13)2-7(12)8(14)15/h6-7,13H,1-4H2,(H,11,16)(H,14,15)/t6-,7+/m1/s1. The topological polar surface area (TPSA) is 89.9 Å². The van der Waals surface area contributed by atoms with Crippen LogP contribution in [-0.4, -0.2) is 52.3 Å². The Morgan fingerprint density at radius 3 is 2.69 bits per heavy atom. The lowest BCUT2D eigenvalue weighted by Gasteiger charge is -2.21. The van der Waals surface area contributed by atoms with Gasteiger partial charge >= 0.3 is 12.0 Å². The average Bonchev–Trinajstić information content (AvgIpc) is 2.56. The summed E-state index contributed by atoms with van der Waals surface area (Å²) in [7, 11) is 0. The van der Waals surface area contributed by atoms with Gasteiger partial charge < -0.3 is 20.4 Å². The van der Waals surface area contributed by atoms with Gasteiger partial charge in [0.15, 0.2) is 0 Å². The van der Waals surface area contributed by atoms with Crippen molar-refractivity contribution < 1.29 is 19.8 Å². The number of aliphatic carboxylic acids is 1. The van der Waals surface area contributed by atoms with Crippen LogP contribution in [0.1, 0.15) is 6.42 Å². The van der Waals surface area contributed by atoms with Gasteiger partial charge in [-0.2, -0.15) is 0 Å². The molecule has 0 aliphatic carbocycles. The first-order chi connectivity index (χ1) is 7.41. The third kappa shape index (κ3) is 3.21. The third-order valence-electron chi connectivity index (χ3n) is 2.26. The van der Waals surface area contributed by atoms with Gasteiger partial charge in [0.25, 0.3) is 0 Å². The van der Waals surface area contributed by atoms with Crippen molar-refractivity contribution in [2.24, 2.45) is 0 Å². The SMILES string of the molecule is C=C(Br)CNC(=O)N1C[C@H](O)C[C@H]1C(=O)O. The van der Waals surface area contributed by atoms with Crippen molar-refractivity contribution in [3.05, 3.63) is 11.1 Å². The molecule has 3 N–H and O–H groups in total. The lowest BCUT2D eigenvalue weighted by molar-refractivity contribution is -0.141. The average molecular weight is 293 g/mol. The van der Waals surface area contributed by atoms with Crippen LogP contribution in [0.15, 0.2) is 11.1 Å². The van der Waals surface area contributed by atoms with E-state index in [0.29, 0.717) is 4.48 Å². The molecule has 1 aliphatic rings. The number of aliphatic hydroxyl groups excluding tert-OH is 1. The van der Waals surface area contributed by atoms with Crippen molar-refractivity contribution in [1.82, 2.24) is 10.2 Å². The van der Waals surface area contributed by atoms with Gasteiger partial charge in [-0.15, -0.1) is 0 Å². The number of rotatable bonds is 3. The molecule has 1 saturated heterocycles. The number of β-amino-alcohol motifs (C(OH)–C–C–N with tert-alkyl or cyclic N) is 1. The van der Waals surface area contributed by atoms with Crippen LogP contribution in [0.2, 0.25) is 0 Å². The predicted octanol–water partition coefficient (Wildman–Crippen LogP) is 0.124. The number of carbonyl (C=O) groups is 2. The van der Waals surface area contributed by atoms with Crippen LogP contribution in [0.4, 0.5) is 4.79 Å². The highest BCUT2D eigenvalue weighted by atomic mass is 79.9. The molecular weight excluding hydrogens is 280 g/mol. The van der Waals surface area contributed by atoms with Crippen molar-refractivity contribution in [3.8, 4) is 0 Å². The lowest BCUT2D eigenvalue weighted by atomic mass is 10.2. The first-order valence-electron chi connectivity index (χ1n) is 4.70. The highest BCUT2D eigenvalue weighted by Crippen LogP contribution is 2.18. The van der Waals surface area contributed by atoms with Crippen molar-refractivity contribution in [1.29, 1.82) is 0 Å². The summed E-state index contributed by atoms with van der Waals surface area (Å²) in [6.07, 6.45) is -0.711. The van der Waals surface area contributed by atoms with Crippen molar-refractivity contribution in [2.45, 2.75) is 18.6 Å². The summed E-state index contributed by atoms with van der Waals surface area (Å²) < 4.78 is 0.590. The fraction of sp³-hybridized carbons (Fsp3) is 0.556. The van der Waals surface area contributed by atoms with E-state index in [-0.39, 0.29) is 19.5 Å². The highest BCUT2D eigenvalue weighted by molar-refractivity contribution is 9.11. The zero-order chi connectivity index (χ0) is 12.3. The van der Waals surface area contributed by atoms with E-state index < -0.39 is 24.1 Å². The molecule has 1 rings (SSSR count). The van der Waals surface area contributed by atoms with Crippen LogP contribution in [0.5, 0.6) is 0 Å². The number of urea groups is 1. The largest absolute Gasteiger partial charge is 0.480 e. The van der Waals surface area contributed by atoms with Crippen molar-refractivity contribution in [2.75, 3.05) is 13.1 Å². The molecule has 0 aromatic heterocycles. The Bertz CT molecular complexity index is 321. The summed E-state index contributed by atoms with van der Waals surface area (Å²) in [6, 6.07) is -1.47. The van der Waals surface area contributed by atoms with Crippen molar-refractivity contribution >= 4 is 27.9 Å². The summed E-state index contributed by atoms with van der Waals surface area (Å²) in [5.41, 5.74) is 0. The van der Waals surface area contributed by atoms with E-state index in [0.717, 1.165) is 4.90 Å². The molecule has 0 saturated carbocycles. The number of hydrogen-bond donors (Lipinski definition) is 3. The number of amides is 2. The molecule has 0 bridgehead atoms. The maximum Gasteiger partial charge on any atom is 0.326 e. The molecular formula is C9H13BrN2O4. The smallest absolute Gasteiger partial charge is 0.326 e. The molecule has 2 amide bonds. The van der Waals surface area contributed by atoms with Gasteiger partial charge in [0, 0.05) is 17.4 Å². The summed E-state index contributed by atoms with van der Waals surface area (Å²) in [4.78, 5) is 23.5. The highest BCUT2D eigenvalue weighted by Gasteiger charge is 2.38. The molecule has 7 heteroatoms. The summed E-state index contributed by atoms with van der Waals surface area (Å²) in [5.74, 6) is -1.11. The number of aliphatic hydroxyl groups is 1. The van der Waals surface area contributed by atoms with E-state index in [9.17, 15) is 14.7 Å². The molecule has 1 heterocycles. The van der Waals surface area contributed by atoms with Gasteiger partial charge in [0.2, 0.25) is 0 Å². The zero-order valence-electron chi connectivity index (χ0n) is 8.52. The molecule has 0 radical (unpaired) electrons. The first-order valence-corrected chi connectivity index (χ1v) is 5.49. The van der Waals surface area contributed by atoms with E-state index in [4.69, 9.17) is 5.11 Å². The Morgan fingerprint density at radius 1 is 1.56 bits per heavy atom. The Balaban J connectivity index is 2.59. The molecule has 1 fully saturated rings. The van der Waals surface area contributed by atoms with Gasteiger partial charge in [0.05, 0.1) is 12.6 Å². The number of halogens is 1. The monoisotopic (exact) mass is 292 g/mol. The summed E-state index contributed by atoms with van der Waals surface area (Å²) in [5, 5.41) is 20.7. The third-order valence-corrected chi connectivity index (χ3v) is 2.54. The fourth-order valence-corrected chi connectivity index (χ4v) is 1.69. The minimum atomic E-state index is -1.11. The lowest BCUT2D eigenvalue weighted by Crippen LogP contribution is -2.46. The second-order valence-electron chi connectivity index (χ2n) is 3.57. The van der Waals surface area contributed by atoms with Crippen LogP contribution in [0.3, 0.4) is 0 Å². The van der Waals surface area contributed by atoms with E-state index >= 15 is 0 Å². The molecule has 16 heavy (non-hydrogen) atoms. The van der Waals surface area contributed by atoms with Crippen LogP contribution in [0.25, 0.3) is 0 Å². The number of carboxylic acid groups (broad SMARTS) is 1. The normalized spacial score (nSPS) is 24.2. The summed E-state index contributed by atoms with van der Waals surface area (Å²) in [6.45, 7) is 3.80. The predicted molar refractivity (Wildman–Crippen MR) is 60.2 cm³/mol. The van der Waals surface area contributed by atoms with Crippen LogP contribution < -0.4 is 5.32 Å². The molecule has 2 atom stereocenters. The quantitative estimate of drug-likeness (QED) is 0.689. The molecule has 0 aromatic rings. The second kappa shape index (κ2) is 5.31. The Labute approximate surface area is 101 Å².